The molecule has 6 heteroatoms. The lowest BCUT2D eigenvalue weighted by atomic mass is 9.78. The Balaban J connectivity index is 1.96. The average molecular weight is 849 g/mol. The number of rotatable bonds is 9. The summed E-state index contributed by atoms with van der Waals surface area (Å²) >= 11 is 0. The zero-order valence-corrected chi connectivity index (χ0v) is 41.3. The Morgan fingerprint density at radius 1 is 0.508 bits per heavy atom. The number of hydrogen-bond acceptors (Lipinski definition) is 2. The molecular weight excluding hydrogens is 778 g/mol. The van der Waals surface area contributed by atoms with E-state index >= 15 is 13.2 Å². The van der Waals surface area contributed by atoms with Crippen molar-refractivity contribution in [3.05, 3.63) is 113 Å². The maximum absolute atomic E-state index is 16.4. The van der Waals surface area contributed by atoms with Crippen molar-refractivity contribution < 1.29 is 23.0 Å². The first kappa shape index (κ1) is 47.8. The molecular formula is C55H71F3O2Si. The average Bonchev–Trinajstić information content (AvgIpc) is 3.11. The van der Waals surface area contributed by atoms with Gasteiger partial charge in [-0.1, -0.05) is 170 Å². The Kier molecular flexibility index (Phi) is 13.1. The molecule has 0 unspecified atom stereocenters. The first-order chi connectivity index (χ1) is 27.7. The quantitative estimate of drug-likeness (QED) is 0.118. The zero-order chi connectivity index (χ0) is 45.9. The summed E-state index contributed by atoms with van der Waals surface area (Å²) in [5.74, 6) is -4.46. The fourth-order valence-electron chi connectivity index (χ4n) is 7.76. The van der Waals surface area contributed by atoms with Crippen LogP contribution in [0.15, 0.2) is 72.8 Å². The minimum absolute atomic E-state index is 0.0690. The van der Waals surface area contributed by atoms with Gasteiger partial charge in [0.15, 0.2) is 17.5 Å². The van der Waals surface area contributed by atoms with Crippen LogP contribution in [0, 0.1) is 23.4 Å². The molecule has 0 aliphatic rings. The summed E-state index contributed by atoms with van der Waals surface area (Å²) in [6, 6.07) is 24.8. The van der Waals surface area contributed by atoms with E-state index in [0.717, 1.165) is 39.1 Å². The van der Waals surface area contributed by atoms with Gasteiger partial charge in [-0.15, -0.1) is 0 Å². The van der Waals surface area contributed by atoms with Crippen LogP contribution in [0.25, 0.3) is 44.5 Å². The van der Waals surface area contributed by atoms with Crippen molar-refractivity contribution in [2.45, 2.75) is 158 Å². The third kappa shape index (κ3) is 10.8. The molecule has 328 valence electrons. The van der Waals surface area contributed by atoms with E-state index in [1.807, 2.05) is 26.8 Å². The van der Waals surface area contributed by atoms with Crippen LogP contribution in [0.1, 0.15) is 133 Å². The minimum Gasteiger partial charge on any atom is -0.507 e. The maximum Gasteiger partial charge on any atom is 0.195 e. The van der Waals surface area contributed by atoms with Gasteiger partial charge in [0.05, 0.1) is 19.7 Å². The molecule has 5 aromatic rings. The van der Waals surface area contributed by atoms with Gasteiger partial charge >= 0.3 is 0 Å². The molecule has 2 nitrogen and oxygen atoms in total. The first-order valence-electron chi connectivity index (χ1n) is 22.0. The van der Waals surface area contributed by atoms with Gasteiger partial charge in [-0.3, -0.25) is 0 Å². The van der Waals surface area contributed by atoms with Crippen LogP contribution in [0.3, 0.4) is 0 Å². The molecule has 0 saturated carbocycles. The predicted octanol–water partition coefficient (Wildman–Crippen LogP) is 16.0. The lowest BCUT2D eigenvalue weighted by molar-refractivity contribution is 0.192. The smallest absolute Gasteiger partial charge is 0.195 e. The molecule has 0 aliphatic carbocycles. The van der Waals surface area contributed by atoms with Gasteiger partial charge in [0, 0.05) is 17.2 Å². The molecule has 1 atom stereocenters. The highest BCUT2D eigenvalue weighted by Crippen LogP contribution is 2.47. The minimum atomic E-state index is -2.21. The fraction of sp³-hybridized carbons (Fsp3) is 0.455. The van der Waals surface area contributed by atoms with Crippen LogP contribution < -0.4 is 9.92 Å². The maximum atomic E-state index is 16.4. The van der Waals surface area contributed by atoms with Gasteiger partial charge in [0.25, 0.3) is 0 Å². The van der Waals surface area contributed by atoms with E-state index < -0.39 is 31.6 Å². The van der Waals surface area contributed by atoms with E-state index in [2.05, 4.69) is 157 Å². The number of phenols is 1. The van der Waals surface area contributed by atoms with Gasteiger partial charge in [0.2, 0.25) is 0 Å². The van der Waals surface area contributed by atoms with Gasteiger partial charge in [-0.25, -0.2) is 13.2 Å². The monoisotopic (exact) mass is 849 g/mol. The van der Waals surface area contributed by atoms with E-state index in [1.54, 1.807) is 6.07 Å². The Labute approximate surface area is 367 Å². The highest BCUT2D eigenvalue weighted by atomic mass is 28.3. The summed E-state index contributed by atoms with van der Waals surface area (Å²) in [6.45, 7) is 39.2. The van der Waals surface area contributed by atoms with Crippen molar-refractivity contribution in [3.8, 4) is 56.0 Å². The third-order valence-corrected chi connectivity index (χ3v) is 13.8. The van der Waals surface area contributed by atoms with E-state index in [-0.39, 0.29) is 50.2 Å². The molecule has 0 spiro atoms. The van der Waals surface area contributed by atoms with E-state index in [0.29, 0.717) is 12.0 Å². The second-order valence-electron chi connectivity index (χ2n) is 23.0. The molecule has 5 rings (SSSR count). The molecule has 0 amide bonds. The van der Waals surface area contributed by atoms with E-state index in [4.69, 9.17) is 4.74 Å². The number of phenolic OH excluding ortho intramolecular Hbond substituents is 1. The lowest BCUT2D eigenvalue weighted by Gasteiger charge is -2.27. The van der Waals surface area contributed by atoms with Crippen molar-refractivity contribution in [1.82, 2.24) is 0 Å². The Morgan fingerprint density at radius 3 is 1.26 bits per heavy atom. The SMILES string of the molecule is CC(C)C[C@@H](C)Oc1cc(F)c(F)c(F)c1-c1cc([Si](C)(C)C)cc(-c2cc(-c3cc(C(C)(C)C)cc(C(C)(C)C)c3)cc(-c3cc(C(C)(C)C)cc(C(C)(C)C)c3)c2)c1O. The highest BCUT2D eigenvalue weighted by molar-refractivity contribution is 6.88. The lowest BCUT2D eigenvalue weighted by Crippen LogP contribution is -2.37. The normalized spacial score (nSPS) is 13.5. The summed E-state index contributed by atoms with van der Waals surface area (Å²) in [7, 11) is -2.21. The molecule has 0 radical (unpaired) electrons. The standard InChI is InChI=1S/C55H71F3O2Si/c1-32(2)19-33(3)60-47-31-46(56)49(57)50(58)48(47)45-30-43(61(16,17)18)29-44(51(45)59)38-21-34(36-23-39(52(4,5)6)27-40(24-36)53(7,8)9)20-35(22-38)37-25-41(54(10,11)12)28-42(26-37)55(13,14)15/h20-33,59H,19H2,1-18H3/t33-/m1/s1. The number of benzene rings is 5. The highest BCUT2D eigenvalue weighted by Gasteiger charge is 2.30. The summed E-state index contributed by atoms with van der Waals surface area (Å²) in [6.07, 6.45) is 0.190. The van der Waals surface area contributed by atoms with Crippen molar-refractivity contribution in [3.63, 3.8) is 0 Å². The molecule has 61 heavy (non-hydrogen) atoms. The molecule has 0 bridgehead atoms. The zero-order valence-electron chi connectivity index (χ0n) is 40.3. The topological polar surface area (TPSA) is 29.5 Å². The Morgan fingerprint density at radius 2 is 0.885 bits per heavy atom. The van der Waals surface area contributed by atoms with Crippen LogP contribution in [0.5, 0.6) is 11.5 Å². The fourth-order valence-corrected chi connectivity index (χ4v) is 8.92. The number of ether oxygens (including phenoxy) is 1. The number of hydrogen-bond donors (Lipinski definition) is 1. The Bertz CT molecular complexity index is 2270. The van der Waals surface area contributed by atoms with Crippen molar-refractivity contribution in [2.75, 3.05) is 0 Å². The van der Waals surface area contributed by atoms with Crippen LogP contribution in [-0.2, 0) is 21.7 Å². The van der Waals surface area contributed by atoms with Crippen molar-refractivity contribution >= 4 is 13.3 Å². The van der Waals surface area contributed by atoms with Crippen molar-refractivity contribution in [2.24, 2.45) is 5.92 Å². The molecule has 0 aliphatic heterocycles. The largest absolute Gasteiger partial charge is 0.507 e. The summed E-state index contributed by atoms with van der Waals surface area (Å²) < 4.78 is 53.0. The third-order valence-electron chi connectivity index (χ3n) is 11.7. The van der Waals surface area contributed by atoms with Crippen LogP contribution in [0.4, 0.5) is 13.2 Å². The van der Waals surface area contributed by atoms with Crippen LogP contribution in [-0.4, -0.2) is 19.3 Å². The van der Waals surface area contributed by atoms with Crippen molar-refractivity contribution in [1.29, 1.82) is 0 Å². The van der Waals surface area contributed by atoms with Crippen LogP contribution in [0.2, 0.25) is 19.6 Å². The molecule has 0 saturated heterocycles. The van der Waals surface area contributed by atoms with Gasteiger partial charge in [0.1, 0.15) is 11.5 Å². The summed E-state index contributed by atoms with van der Waals surface area (Å²) in [5.41, 5.74) is 9.36. The second-order valence-corrected chi connectivity index (χ2v) is 28.1. The predicted molar refractivity (Wildman–Crippen MR) is 257 cm³/mol. The van der Waals surface area contributed by atoms with Gasteiger partial charge in [-0.05, 0) is 109 Å². The molecule has 5 aromatic carbocycles. The molecule has 0 fully saturated rings. The number of aromatic hydroxyl groups is 1. The Hall–Kier alpha value is -4.29. The molecule has 1 N–H and O–H groups in total. The molecule has 0 aromatic heterocycles. The first-order valence-corrected chi connectivity index (χ1v) is 25.5. The number of halogens is 3. The van der Waals surface area contributed by atoms with Crippen LogP contribution >= 0.6 is 0 Å². The summed E-state index contributed by atoms with van der Waals surface area (Å²) in [4.78, 5) is 0. The van der Waals surface area contributed by atoms with Gasteiger partial charge < -0.3 is 9.84 Å². The van der Waals surface area contributed by atoms with E-state index in [1.165, 1.54) is 22.3 Å². The second kappa shape index (κ2) is 16.8. The molecule has 0 heterocycles. The summed E-state index contributed by atoms with van der Waals surface area (Å²) in [5, 5.41) is 13.5. The van der Waals surface area contributed by atoms with E-state index in [9.17, 15) is 5.11 Å². The van der Waals surface area contributed by atoms with Gasteiger partial charge in [-0.2, -0.15) is 0 Å².